The molecule has 0 unspecified atom stereocenters. The van der Waals surface area contributed by atoms with Gasteiger partial charge in [0.2, 0.25) is 0 Å². The Hall–Kier alpha value is -0.810. The monoisotopic (exact) mass is 321 g/mol. The number of thiophene rings is 1. The standard InChI is InChI=1S/C17H23NOS2/c1-13-8-9-21-17(13)12-18(10-14(2)19)11-15-4-6-16(20-3)7-5-15/h4-9,14,19H,10-12H2,1-3H3/t14-/m0/s1. The molecule has 0 saturated heterocycles. The molecular weight excluding hydrogens is 298 g/mol. The van der Waals surface area contributed by atoms with Crippen LogP contribution >= 0.6 is 23.1 Å². The van der Waals surface area contributed by atoms with Gasteiger partial charge in [-0.15, -0.1) is 23.1 Å². The highest BCUT2D eigenvalue weighted by Gasteiger charge is 2.12. The molecule has 2 nitrogen and oxygen atoms in total. The van der Waals surface area contributed by atoms with E-state index in [2.05, 4.69) is 53.8 Å². The lowest BCUT2D eigenvalue weighted by Gasteiger charge is -2.23. The highest BCUT2D eigenvalue weighted by Crippen LogP contribution is 2.20. The Morgan fingerprint density at radius 3 is 2.43 bits per heavy atom. The van der Waals surface area contributed by atoms with Crippen molar-refractivity contribution < 1.29 is 5.11 Å². The van der Waals surface area contributed by atoms with E-state index in [1.54, 1.807) is 23.1 Å². The Labute approximate surface area is 135 Å². The average Bonchev–Trinajstić information content (AvgIpc) is 2.84. The lowest BCUT2D eigenvalue weighted by Crippen LogP contribution is -2.30. The molecule has 0 aliphatic heterocycles. The molecule has 0 aliphatic carbocycles. The molecule has 0 fully saturated rings. The summed E-state index contributed by atoms with van der Waals surface area (Å²) in [5, 5.41) is 11.9. The number of benzene rings is 1. The van der Waals surface area contributed by atoms with E-state index >= 15 is 0 Å². The zero-order valence-corrected chi connectivity index (χ0v) is 14.5. The summed E-state index contributed by atoms with van der Waals surface area (Å²) in [6.45, 7) is 6.47. The average molecular weight is 322 g/mol. The highest BCUT2D eigenvalue weighted by atomic mass is 32.2. The first kappa shape index (κ1) is 16.6. The van der Waals surface area contributed by atoms with Crippen LogP contribution in [0.3, 0.4) is 0 Å². The smallest absolute Gasteiger partial charge is 0.0639 e. The maximum Gasteiger partial charge on any atom is 0.0639 e. The van der Waals surface area contributed by atoms with E-state index in [1.165, 1.54) is 20.9 Å². The molecule has 2 aromatic rings. The molecule has 21 heavy (non-hydrogen) atoms. The van der Waals surface area contributed by atoms with Crippen LogP contribution in [0.2, 0.25) is 0 Å². The molecular formula is C17H23NOS2. The van der Waals surface area contributed by atoms with Crippen LogP contribution in [0.4, 0.5) is 0 Å². The second-order valence-corrected chi connectivity index (χ2v) is 7.27. The fraction of sp³-hybridized carbons (Fsp3) is 0.412. The van der Waals surface area contributed by atoms with Gasteiger partial charge < -0.3 is 5.11 Å². The van der Waals surface area contributed by atoms with Crippen LogP contribution < -0.4 is 0 Å². The maximum absolute atomic E-state index is 9.74. The van der Waals surface area contributed by atoms with E-state index in [4.69, 9.17) is 0 Å². The lowest BCUT2D eigenvalue weighted by molar-refractivity contribution is 0.118. The highest BCUT2D eigenvalue weighted by molar-refractivity contribution is 7.98. The SMILES string of the molecule is CSc1ccc(CN(Cc2sccc2C)C[C@H](C)O)cc1. The molecule has 1 aromatic carbocycles. The third-order valence-corrected chi connectivity index (χ3v) is 5.17. The zero-order chi connectivity index (χ0) is 15.2. The molecule has 0 radical (unpaired) electrons. The van der Waals surface area contributed by atoms with Crippen molar-refractivity contribution >= 4 is 23.1 Å². The summed E-state index contributed by atoms with van der Waals surface area (Å²) < 4.78 is 0. The number of nitrogens with zero attached hydrogens (tertiary/aromatic N) is 1. The Morgan fingerprint density at radius 1 is 1.19 bits per heavy atom. The van der Waals surface area contributed by atoms with E-state index in [-0.39, 0.29) is 6.10 Å². The predicted molar refractivity (Wildman–Crippen MR) is 93.1 cm³/mol. The minimum Gasteiger partial charge on any atom is -0.392 e. The molecule has 0 aliphatic rings. The van der Waals surface area contributed by atoms with Crippen LogP contribution in [0.1, 0.15) is 22.9 Å². The zero-order valence-electron chi connectivity index (χ0n) is 12.9. The van der Waals surface area contributed by atoms with Crippen LogP contribution in [0.25, 0.3) is 0 Å². The van der Waals surface area contributed by atoms with E-state index in [0.29, 0.717) is 6.54 Å². The Kier molecular flexibility index (Phi) is 6.30. The Balaban J connectivity index is 2.06. The van der Waals surface area contributed by atoms with Crippen molar-refractivity contribution in [3.63, 3.8) is 0 Å². The molecule has 2 rings (SSSR count). The van der Waals surface area contributed by atoms with E-state index in [0.717, 1.165) is 13.1 Å². The van der Waals surface area contributed by atoms with Gasteiger partial charge in [-0.3, -0.25) is 4.90 Å². The van der Waals surface area contributed by atoms with Crippen molar-refractivity contribution in [3.05, 3.63) is 51.7 Å². The summed E-state index contributed by atoms with van der Waals surface area (Å²) in [7, 11) is 0. The van der Waals surface area contributed by atoms with Gasteiger partial charge in [-0.1, -0.05) is 12.1 Å². The van der Waals surface area contributed by atoms with Crippen LogP contribution in [0, 0.1) is 6.92 Å². The number of aliphatic hydroxyl groups is 1. The van der Waals surface area contributed by atoms with Crippen molar-refractivity contribution in [3.8, 4) is 0 Å². The maximum atomic E-state index is 9.74. The number of aryl methyl sites for hydroxylation is 1. The quantitative estimate of drug-likeness (QED) is 0.775. The second-order valence-electron chi connectivity index (χ2n) is 5.39. The molecule has 0 spiro atoms. The van der Waals surface area contributed by atoms with Gasteiger partial charge in [0, 0.05) is 29.4 Å². The van der Waals surface area contributed by atoms with Crippen LogP contribution in [-0.2, 0) is 13.1 Å². The number of rotatable bonds is 7. The Morgan fingerprint density at radius 2 is 1.90 bits per heavy atom. The van der Waals surface area contributed by atoms with Gasteiger partial charge in [0.1, 0.15) is 0 Å². The fourth-order valence-corrected chi connectivity index (χ4v) is 3.67. The van der Waals surface area contributed by atoms with Crippen LogP contribution in [0.5, 0.6) is 0 Å². The van der Waals surface area contributed by atoms with Crippen molar-refractivity contribution in [2.24, 2.45) is 0 Å². The van der Waals surface area contributed by atoms with Gasteiger partial charge in [-0.05, 0) is 54.8 Å². The summed E-state index contributed by atoms with van der Waals surface area (Å²) in [6, 6.07) is 10.9. The third kappa shape index (κ3) is 5.15. The van der Waals surface area contributed by atoms with Gasteiger partial charge in [-0.2, -0.15) is 0 Å². The number of hydrogen-bond donors (Lipinski definition) is 1. The normalized spacial score (nSPS) is 12.8. The van der Waals surface area contributed by atoms with E-state index < -0.39 is 0 Å². The van der Waals surface area contributed by atoms with Gasteiger partial charge in [0.25, 0.3) is 0 Å². The van der Waals surface area contributed by atoms with Crippen molar-refractivity contribution in [2.45, 2.75) is 37.9 Å². The van der Waals surface area contributed by atoms with Crippen molar-refractivity contribution in [2.75, 3.05) is 12.8 Å². The number of aliphatic hydroxyl groups excluding tert-OH is 1. The molecule has 0 saturated carbocycles. The summed E-state index contributed by atoms with van der Waals surface area (Å²) in [5.74, 6) is 0. The van der Waals surface area contributed by atoms with Gasteiger partial charge in [0.15, 0.2) is 0 Å². The number of hydrogen-bond acceptors (Lipinski definition) is 4. The van der Waals surface area contributed by atoms with Crippen molar-refractivity contribution in [1.29, 1.82) is 0 Å². The van der Waals surface area contributed by atoms with Gasteiger partial charge >= 0.3 is 0 Å². The summed E-state index contributed by atoms with van der Waals surface area (Å²) >= 11 is 3.56. The van der Waals surface area contributed by atoms with E-state index in [1.807, 2.05) is 6.92 Å². The largest absolute Gasteiger partial charge is 0.392 e. The van der Waals surface area contributed by atoms with Crippen molar-refractivity contribution in [1.82, 2.24) is 4.90 Å². The summed E-state index contributed by atoms with van der Waals surface area (Å²) in [4.78, 5) is 4.99. The molecule has 1 aromatic heterocycles. The topological polar surface area (TPSA) is 23.5 Å². The van der Waals surface area contributed by atoms with E-state index in [9.17, 15) is 5.11 Å². The number of thioether (sulfide) groups is 1. The first-order chi connectivity index (χ1) is 10.1. The molecule has 1 heterocycles. The minimum absolute atomic E-state index is 0.310. The molecule has 0 bridgehead atoms. The first-order valence-corrected chi connectivity index (χ1v) is 9.25. The lowest BCUT2D eigenvalue weighted by atomic mass is 10.2. The molecule has 1 atom stereocenters. The molecule has 4 heteroatoms. The Bertz CT molecular complexity index is 548. The molecule has 0 amide bonds. The predicted octanol–water partition coefficient (Wildman–Crippen LogP) is 4.16. The summed E-state index contributed by atoms with van der Waals surface area (Å²) in [6.07, 6.45) is 1.78. The second kappa shape index (κ2) is 7.99. The first-order valence-electron chi connectivity index (χ1n) is 7.15. The van der Waals surface area contributed by atoms with Gasteiger partial charge in [-0.25, -0.2) is 0 Å². The molecule has 1 N–H and O–H groups in total. The fourth-order valence-electron chi connectivity index (χ4n) is 2.32. The van der Waals surface area contributed by atoms with Crippen LogP contribution in [0.15, 0.2) is 40.6 Å². The third-order valence-electron chi connectivity index (χ3n) is 3.42. The van der Waals surface area contributed by atoms with Gasteiger partial charge in [0.05, 0.1) is 6.10 Å². The minimum atomic E-state index is -0.310. The molecule has 114 valence electrons. The van der Waals surface area contributed by atoms with Crippen LogP contribution in [-0.4, -0.2) is 28.9 Å². The summed E-state index contributed by atoms with van der Waals surface area (Å²) in [5.41, 5.74) is 2.64.